The molecule has 0 aliphatic heterocycles. The lowest BCUT2D eigenvalue weighted by Gasteiger charge is -2.01. The third kappa shape index (κ3) is 2.90. The van der Waals surface area contributed by atoms with Crippen LogP contribution in [-0.4, -0.2) is 5.12 Å². The van der Waals surface area contributed by atoms with Gasteiger partial charge < -0.3 is 0 Å². The van der Waals surface area contributed by atoms with Gasteiger partial charge in [-0.25, -0.2) is 0 Å². The van der Waals surface area contributed by atoms with Crippen molar-refractivity contribution in [1.29, 1.82) is 0 Å². The molecule has 0 heterocycles. The molecule has 0 bridgehead atoms. The Bertz CT molecular complexity index is 325. The Hall–Kier alpha value is -0.190. The van der Waals surface area contributed by atoms with E-state index >= 15 is 0 Å². The second kappa shape index (κ2) is 5.52. The first-order valence-corrected chi connectivity index (χ1v) is 7.50. The van der Waals surface area contributed by atoms with Gasteiger partial charge >= 0.3 is 0 Å². The van der Waals surface area contributed by atoms with Crippen molar-refractivity contribution in [3.05, 3.63) is 42.0 Å². The lowest BCUT2D eigenvalue weighted by atomic mass is 10.1. The summed E-state index contributed by atoms with van der Waals surface area (Å²) in [5.41, 5.74) is 1.58. The van der Waals surface area contributed by atoms with Crippen molar-refractivity contribution >= 4 is 46.0 Å². The minimum Gasteiger partial charge on any atom is -0.281 e. The molecule has 1 aromatic carbocycles. The molecule has 1 rings (SSSR count). The molecule has 0 N–H and O–H groups in total. The SMILES string of the molecule is C=Cc1ccccc1C(=O)SSBr. The first kappa shape index (κ1) is 10.9. The zero-order chi connectivity index (χ0) is 9.68. The maximum Gasteiger partial charge on any atom is 0.231 e. The number of carbonyl (C=O) groups excluding carboxylic acids is 1. The monoisotopic (exact) mass is 274 g/mol. The van der Waals surface area contributed by atoms with Crippen LogP contribution < -0.4 is 0 Å². The Labute approximate surface area is 92.6 Å². The Balaban J connectivity index is 2.98. The maximum absolute atomic E-state index is 11.5. The quantitative estimate of drug-likeness (QED) is 0.771. The van der Waals surface area contributed by atoms with Gasteiger partial charge in [-0.3, -0.25) is 4.79 Å². The van der Waals surface area contributed by atoms with E-state index < -0.39 is 0 Å². The van der Waals surface area contributed by atoms with Gasteiger partial charge in [-0.05, 0) is 31.7 Å². The highest BCUT2D eigenvalue weighted by molar-refractivity contribution is 9.61. The van der Waals surface area contributed by atoms with E-state index in [1.54, 1.807) is 12.1 Å². The molecule has 0 radical (unpaired) electrons. The minimum absolute atomic E-state index is 0.0392. The molecular weight excluding hydrogens is 268 g/mol. The zero-order valence-electron chi connectivity index (χ0n) is 6.70. The number of rotatable bonds is 3. The van der Waals surface area contributed by atoms with Crippen LogP contribution in [0.4, 0.5) is 0 Å². The van der Waals surface area contributed by atoms with Crippen molar-refractivity contribution in [3.63, 3.8) is 0 Å². The zero-order valence-corrected chi connectivity index (χ0v) is 9.92. The Morgan fingerprint density at radius 2 is 2.15 bits per heavy atom. The van der Waals surface area contributed by atoms with Gasteiger partial charge in [0, 0.05) is 20.4 Å². The van der Waals surface area contributed by atoms with Gasteiger partial charge in [0.2, 0.25) is 5.12 Å². The molecule has 1 nitrogen and oxygen atoms in total. The maximum atomic E-state index is 11.5. The van der Waals surface area contributed by atoms with Gasteiger partial charge in [0.25, 0.3) is 0 Å². The van der Waals surface area contributed by atoms with Crippen LogP contribution in [0.2, 0.25) is 0 Å². The van der Waals surface area contributed by atoms with Crippen molar-refractivity contribution in [3.8, 4) is 0 Å². The summed E-state index contributed by atoms with van der Waals surface area (Å²) < 4.78 is 0. The summed E-state index contributed by atoms with van der Waals surface area (Å²) in [6.07, 6.45) is 1.69. The molecule has 68 valence electrons. The molecule has 13 heavy (non-hydrogen) atoms. The molecular formula is C9H7BrOS2. The molecule has 4 heteroatoms. The highest BCUT2D eigenvalue weighted by Crippen LogP contribution is 2.32. The van der Waals surface area contributed by atoms with Crippen LogP contribution in [0.25, 0.3) is 6.08 Å². The van der Waals surface area contributed by atoms with Crippen molar-refractivity contribution in [1.82, 2.24) is 0 Å². The van der Waals surface area contributed by atoms with E-state index in [1.807, 2.05) is 18.2 Å². The fourth-order valence-electron chi connectivity index (χ4n) is 0.934. The second-order valence-electron chi connectivity index (χ2n) is 2.23. The fourth-order valence-corrected chi connectivity index (χ4v) is 2.79. The summed E-state index contributed by atoms with van der Waals surface area (Å²) in [4.78, 5) is 11.5. The van der Waals surface area contributed by atoms with Crippen LogP contribution in [-0.2, 0) is 0 Å². The van der Waals surface area contributed by atoms with E-state index in [-0.39, 0.29) is 5.12 Å². The van der Waals surface area contributed by atoms with E-state index in [4.69, 9.17) is 0 Å². The van der Waals surface area contributed by atoms with Gasteiger partial charge in [0.15, 0.2) is 0 Å². The van der Waals surface area contributed by atoms with E-state index in [0.717, 1.165) is 16.4 Å². The smallest absolute Gasteiger partial charge is 0.231 e. The molecule has 0 saturated carbocycles. The highest BCUT2D eigenvalue weighted by Gasteiger charge is 2.08. The topological polar surface area (TPSA) is 17.1 Å². The standard InChI is InChI=1S/C9H7BrOS2/c1-2-7-5-3-4-6-8(7)9(11)12-13-10/h2-6H,1H2. The van der Waals surface area contributed by atoms with E-state index in [1.165, 1.54) is 9.23 Å². The van der Waals surface area contributed by atoms with Crippen molar-refractivity contribution < 1.29 is 4.79 Å². The largest absolute Gasteiger partial charge is 0.281 e. The lowest BCUT2D eigenvalue weighted by Crippen LogP contribution is -1.93. The Morgan fingerprint density at radius 3 is 2.77 bits per heavy atom. The molecule has 0 saturated heterocycles. The van der Waals surface area contributed by atoms with Crippen molar-refractivity contribution in [2.24, 2.45) is 0 Å². The van der Waals surface area contributed by atoms with E-state index in [0.29, 0.717) is 5.56 Å². The Morgan fingerprint density at radius 1 is 1.46 bits per heavy atom. The highest BCUT2D eigenvalue weighted by atomic mass is 79.9. The summed E-state index contributed by atoms with van der Waals surface area (Å²) in [7, 11) is 2.43. The average Bonchev–Trinajstić information content (AvgIpc) is 2.18. The van der Waals surface area contributed by atoms with Gasteiger partial charge in [-0.1, -0.05) is 30.9 Å². The molecule has 0 fully saturated rings. The number of carbonyl (C=O) groups is 1. The van der Waals surface area contributed by atoms with Gasteiger partial charge in [-0.2, -0.15) is 0 Å². The number of hydrogen-bond acceptors (Lipinski definition) is 3. The molecule has 0 aliphatic rings. The molecule has 0 atom stereocenters. The van der Waals surface area contributed by atoms with Crippen LogP contribution in [0.1, 0.15) is 15.9 Å². The van der Waals surface area contributed by atoms with Crippen LogP contribution in [0.5, 0.6) is 0 Å². The first-order chi connectivity index (χ1) is 6.29. The lowest BCUT2D eigenvalue weighted by molar-refractivity contribution is 0.109. The number of benzene rings is 1. The Kier molecular flexibility index (Phi) is 4.62. The van der Waals surface area contributed by atoms with Crippen molar-refractivity contribution in [2.45, 2.75) is 0 Å². The van der Waals surface area contributed by atoms with Gasteiger partial charge in [0.05, 0.1) is 0 Å². The molecule has 0 aromatic heterocycles. The summed E-state index contributed by atoms with van der Waals surface area (Å²) >= 11 is 3.13. The van der Waals surface area contributed by atoms with E-state index in [2.05, 4.69) is 21.4 Å². The van der Waals surface area contributed by atoms with Gasteiger partial charge in [0.1, 0.15) is 0 Å². The molecule has 0 unspecified atom stereocenters. The molecule has 1 aromatic rings. The van der Waals surface area contributed by atoms with E-state index in [9.17, 15) is 4.79 Å². The predicted octanol–water partition coefficient (Wildman–Crippen LogP) is 4.16. The van der Waals surface area contributed by atoms with Crippen molar-refractivity contribution in [2.75, 3.05) is 0 Å². The summed E-state index contributed by atoms with van der Waals surface area (Å²) in [6.45, 7) is 3.65. The average molecular weight is 275 g/mol. The fraction of sp³-hybridized carbons (Fsp3) is 0. The summed E-state index contributed by atoms with van der Waals surface area (Å²) in [5, 5.41) is 0.0392. The summed E-state index contributed by atoms with van der Waals surface area (Å²) in [5.74, 6) is 0. The van der Waals surface area contributed by atoms with Crippen LogP contribution >= 0.6 is 34.8 Å². The summed E-state index contributed by atoms with van der Waals surface area (Å²) in [6, 6.07) is 7.41. The van der Waals surface area contributed by atoms with Gasteiger partial charge in [-0.15, -0.1) is 0 Å². The molecule has 0 aliphatic carbocycles. The van der Waals surface area contributed by atoms with Crippen LogP contribution in [0.3, 0.4) is 0 Å². The second-order valence-corrected chi connectivity index (χ2v) is 6.15. The minimum atomic E-state index is 0.0392. The number of hydrogen-bond donors (Lipinski definition) is 0. The molecule has 0 amide bonds. The normalized spacial score (nSPS) is 9.62. The molecule has 0 spiro atoms. The first-order valence-electron chi connectivity index (χ1n) is 3.50. The van der Waals surface area contributed by atoms with Crippen LogP contribution in [0.15, 0.2) is 30.8 Å². The predicted molar refractivity (Wildman–Crippen MR) is 65.0 cm³/mol. The number of halogens is 1. The third-order valence-electron chi connectivity index (χ3n) is 1.51. The third-order valence-corrected chi connectivity index (χ3v) is 3.77. The van der Waals surface area contributed by atoms with Crippen LogP contribution in [0, 0.1) is 0 Å².